The second kappa shape index (κ2) is 7.01. The van der Waals surface area contributed by atoms with Gasteiger partial charge in [-0.15, -0.1) is 11.3 Å². The summed E-state index contributed by atoms with van der Waals surface area (Å²) < 4.78 is 0.641. The van der Waals surface area contributed by atoms with Crippen LogP contribution in [0.1, 0.15) is 23.0 Å². The fourth-order valence-corrected chi connectivity index (χ4v) is 2.36. The second-order valence-corrected chi connectivity index (χ2v) is 5.19. The molecule has 0 spiro atoms. The van der Waals surface area contributed by atoms with E-state index in [0.29, 0.717) is 22.2 Å². The van der Waals surface area contributed by atoms with E-state index in [1.54, 1.807) is 12.1 Å². The van der Waals surface area contributed by atoms with Gasteiger partial charge in [-0.25, -0.2) is 0 Å². The fourth-order valence-electron chi connectivity index (χ4n) is 1.39. The van der Waals surface area contributed by atoms with Crippen molar-refractivity contribution in [3.05, 3.63) is 21.3 Å². The van der Waals surface area contributed by atoms with E-state index in [-0.39, 0.29) is 12.4 Å². The van der Waals surface area contributed by atoms with Crippen molar-refractivity contribution >= 4 is 28.7 Å². The molecule has 16 heavy (non-hydrogen) atoms. The van der Waals surface area contributed by atoms with Gasteiger partial charge in [0.15, 0.2) is 5.78 Å². The van der Waals surface area contributed by atoms with Crippen LogP contribution < -0.4 is 0 Å². The van der Waals surface area contributed by atoms with E-state index in [9.17, 15) is 4.79 Å². The number of hydrogen-bond acceptors (Lipinski definition) is 4. The monoisotopic (exact) mass is 261 g/mol. The Morgan fingerprint density at radius 3 is 2.81 bits per heavy atom. The number of likely N-dealkylation sites (N-methyl/N-ethyl adjacent to an activating group) is 1. The van der Waals surface area contributed by atoms with Gasteiger partial charge in [0.25, 0.3) is 0 Å². The Bertz CT molecular complexity index is 340. The van der Waals surface area contributed by atoms with Crippen molar-refractivity contribution in [2.45, 2.75) is 13.3 Å². The van der Waals surface area contributed by atoms with E-state index in [1.165, 1.54) is 11.3 Å². The number of carbonyl (C=O) groups excluding carboxylic acids is 1. The number of thiophene rings is 1. The first-order valence-electron chi connectivity index (χ1n) is 5.29. The molecule has 0 aromatic carbocycles. The van der Waals surface area contributed by atoms with Gasteiger partial charge in [0, 0.05) is 13.2 Å². The summed E-state index contributed by atoms with van der Waals surface area (Å²) in [6.45, 7) is 4.12. The molecule has 0 aliphatic heterocycles. The van der Waals surface area contributed by atoms with Crippen molar-refractivity contribution in [3.8, 4) is 0 Å². The van der Waals surface area contributed by atoms with Gasteiger partial charge >= 0.3 is 0 Å². The van der Waals surface area contributed by atoms with Crippen LogP contribution in [0, 0.1) is 0 Å². The summed E-state index contributed by atoms with van der Waals surface area (Å²) in [7, 11) is 0. The standard InChI is InChI=1S/C11H16ClNO2S/c1-2-13(6-3-7-14)8-9(15)10-4-5-11(12)16-10/h4-5,14H,2-3,6-8H2,1H3. The summed E-state index contributed by atoms with van der Waals surface area (Å²) in [5.74, 6) is 0.0942. The van der Waals surface area contributed by atoms with E-state index >= 15 is 0 Å². The van der Waals surface area contributed by atoms with Crippen LogP contribution in [0.4, 0.5) is 0 Å². The predicted octanol–water partition coefficient (Wildman–Crippen LogP) is 2.29. The number of ketones is 1. The number of carbonyl (C=O) groups is 1. The molecule has 1 heterocycles. The first-order chi connectivity index (χ1) is 7.67. The minimum atomic E-state index is 0.0942. The first-order valence-corrected chi connectivity index (χ1v) is 6.48. The maximum absolute atomic E-state index is 11.8. The van der Waals surface area contributed by atoms with Gasteiger partial charge in [0.1, 0.15) is 0 Å². The molecule has 0 bridgehead atoms. The molecule has 0 amide bonds. The molecule has 0 saturated carbocycles. The van der Waals surface area contributed by atoms with Crippen molar-refractivity contribution in [3.63, 3.8) is 0 Å². The zero-order chi connectivity index (χ0) is 12.0. The number of Topliss-reactive ketones (excluding diaryl/α,β-unsaturated/α-hetero) is 1. The molecule has 0 aliphatic carbocycles. The maximum atomic E-state index is 11.8. The Morgan fingerprint density at radius 1 is 1.56 bits per heavy atom. The average Bonchev–Trinajstić information content (AvgIpc) is 2.70. The lowest BCUT2D eigenvalue weighted by molar-refractivity contribution is 0.0932. The Labute approximate surface area is 105 Å². The third-order valence-electron chi connectivity index (χ3n) is 2.29. The Morgan fingerprint density at radius 2 is 2.31 bits per heavy atom. The Balaban J connectivity index is 2.48. The van der Waals surface area contributed by atoms with Crippen LogP contribution in [0.25, 0.3) is 0 Å². The molecule has 1 N–H and O–H groups in total. The topological polar surface area (TPSA) is 40.5 Å². The van der Waals surface area contributed by atoms with Gasteiger partial charge in [-0.3, -0.25) is 9.69 Å². The highest BCUT2D eigenvalue weighted by Gasteiger charge is 2.12. The SMILES string of the molecule is CCN(CCCO)CC(=O)c1ccc(Cl)s1. The normalized spacial score (nSPS) is 11.0. The molecule has 0 radical (unpaired) electrons. The number of halogens is 1. The van der Waals surface area contributed by atoms with Gasteiger partial charge in [-0.2, -0.15) is 0 Å². The van der Waals surface area contributed by atoms with E-state index in [2.05, 4.69) is 0 Å². The molecule has 1 rings (SSSR count). The molecule has 0 atom stereocenters. The quantitative estimate of drug-likeness (QED) is 0.766. The van der Waals surface area contributed by atoms with E-state index in [1.807, 2.05) is 11.8 Å². The van der Waals surface area contributed by atoms with Gasteiger partial charge in [-0.05, 0) is 25.1 Å². The smallest absolute Gasteiger partial charge is 0.186 e. The van der Waals surface area contributed by atoms with E-state index in [4.69, 9.17) is 16.7 Å². The number of rotatable bonds is 7. The van der Waals surface area contributed by atoms with E-state index < -0.39 is 0 Å². The van der Waals surface area contributed by atoms with Gasteiger partial charge in [-0.1, -0.05) is 18.5 Å². The van der Waals surface area contributed by atoms with Crippen molar-refractivity contribution in [2.24, 2.45) is 0 Å². The van der Waals surface area contributed by atoms with Crippen LogP contribution in [-0.4, -0.2) is 42.0 Å². The zero-order valence-corrected chi connectivity index (χ0v) is 10.9. The van der Waals surface area contributed by atoms with Crippen molar-refractivity contribution in [1.29, 1.82) is 0 Å². The third-order valence-corrected chi connectivity index (χ3v) is 3.57. The highest BCUT2D eigenvalue weighted by molar-refractivity contribution is 7.18. The van der Waals surface area contributed by atoms with E-state index in [0.717, 1.165) is 13.1 Å². The van der Waals surface area contributed by atoms with Gasteiger partial charge in [0.2, 0.25) is 0 Å². The molecule has 90 valence electrons. The Hall–Kier alpha value is -0.420. The molecule has 5 heteroatoms. The number of hydrogen-bond donors (Lipinski definition) is 1. The zero-order valence-electron chi connectivity index (χ0n) is 9.28. The highest BCUT2D eigenvalue weighted by atomic mass is 35.5. The van der Waals surface area contributed by atoms with Crippen LogP contribution in [-0.2, 0) is 0 Å². The molecule has 0 unspecified atom stereocenters. The van der Waals surface area contributed by atoms with Crippen LogP contribution in [0.2, 0.25) is 4.34 Å². The largest absolute Gasteiger partial charge is 0.396 e. The molecule has 1 aromatic heterocycles. The first kappa shape index (κ1) is 13.6. The van der Waals surface area contributed by atoms with Crippen LogP contribution in [0.3, 0.4) is 0 Å². The Kier molecular flexibility index (Phi) is 5.98. The predicted molar refractivity (Wildman–Crippen MR) is 67.5 cm³/mol. The molecule has 3 nitrogen and oxygen atoms in total. The summed E-state index contributed by atoms with van der Waals surface area (Å²) in [5.41, 5.74) is 0. The molecular weight excluding hydrogens is 246 g/mol. The number of aliphatic hydroxyl groups is 1. The maximum Gasteiger partial charge on any atom is 0.186 e. The number of aliphatic hydroxyl groups excluding tert-OH is 1. The average molecular weight is 262 g/mol. The van der Waals surface area contributed by atoms with Crippen molar-refractivity contribution in [2.75, 3.05) is 26.2 Å². The highest BCUT2D eigenvalue weighted by Crippen LogP contribution is 2.21. The van der Waals surface area contributed by atoms with Crippen LogP contribution >= 0.6 is 22.9 Å². The molecular formula is C11H16ClNO2S. The summed E-state index contributed by atoms with van der Waals surface area (Å²) >= 11 is 7.09. The lowest BCUT2D eigenvalue weighted by atomic mass is 10.3. The fraction of sp³-hybridized carbons (Fsp3) is 0.545. The lowest BCUT2D eigenvalue weighted by Gasteiger charge is -2.18. The number of nitrogens with zero attached hydrogens (tertiary/aromatic N) is 1. The van der Waals surface area contributed by atoms with Crippen LogP contribution in [0.15, 0.2) is 12.1 Å². The minimum absolute atomic E-state index is 0.0942. The van der Waals surface area contributed by atoms with Crippen LogP contribution in [0.5, 0.6) is 0 Å². The summed E-state index contributed by atoms with van der Waals surface area (Å²) in [6.07, 6.45) is 0.701. The molecule has 1 aromatic rings. The summed E-state index contributed by atoms with van der Waals surface area (Å²) in [6, 6.07) is 3.50. The lowest BCUT2D eigenvalue weighted by Crippen LogP contribution is -2.30. The molecule has 0 saturated heterocycles. The summed E-state index contributed by atoms with van der Waals surface area (Å²) in [5, 5.41) is 8.74. The molecule has 0 aliphatic rings. The van der Waals surface area contributed by atoms with Crippen molar-refractivity contribution in [1.82, 2.24) is 4.90 Å². The van der Waals surface area contributed by atoms with Gasteiger partial charge in [0.05, 0.1) is 15.8 Å². The third kappa shape index (κ3) is 4.22. The van der Waals surface area contributed by atoms with Crippen molar-refractivity contribution < 1.29 is 9.90 Å². The second-order valence-electron chi connectivity index (χ2n) is 3.47. The summed E-state index contributed by atoms with van der Waals surface area (Å²) in [4.78, 5) is 14.6. The minimum Gasteiger partial charge on any atom is -0.396 e. The molecule has 0 fully saturated rings. The van der Waals surface area contributed by atoms with Gasteiger partial charge < -0.3 is 5.11 Å².